The first-order chi connectivity index (χ1) is 9.54. The van der Waals surface area contributed by atoms with E-state index in [4.69, 9.17) is 17.3 Å². The van der Waals surface area contributed by atoms with Crippen molar-refractivity contribution in [1.29, 1.82) is 0 Å². The van der Waals surface area contributed by atoms with Gasteiger partial charge in [0.05, 0.1) is 5.56 Å². The molecule has 4 nitrogen and oxygen atoms in total. The van der Waals surface area contributed by atoms with Gasteiger partial charge in [0.25, 0.3) is 0 Å². The van der Waals surface area contributed by atoms with Crippen molar-refractivity contribution < 1.29 is 9.90 Å². The SMILES string of the molecule is Cc1ccc(NC(=S)Nc2ccc(C(=O)O)cc2)cc1. The summed E-state index contributed by atoms with van der Waals surface area (Å²) in [5.74, 6) is -0.947. The average molecular weight is 286 g/mol. The van der Waals surface area contributed by atoms with Crippen LogP contribution in [0.5, 0.6) is 0 Å². The maximum atomic E-state index is 10.7. The Morgan fingerprint density at radius 3 is 1.85 bits per heavy atom. The lowest BCUT2D eigenvalue weighted by molar-refractivity contribution is 0.0697. The first-order valence-electron chi connectivity index (χ1n) is 6.02. The van der Waals surface area contributed by atoms with Crippen LogP contribution in [0, 0.1) is 6.92 Å². The molecule has 0 aliphatic rings. The number of anilines is 2. The summed E-state index contributed by atoms with van der Waals surface area (Å²) < 4.78 is 0. The number of benzene rings is 2. The summed E-state index contributed by atoms with van der Waals surface area (Å²) >= 11 is 5.20. The number of hydrogen-bond donors (Lipinski definition) is 3. The van der Waals surface area contributed by atoms with Crippen LogP contribution in [0.15, 0.2) is 48.5 Å². The van der Waals surface area contributed by atoms with Crippen molar-refractivity contribution >= 4 is 34.7 Å². The molecule has 102 valence electrons. The topological polar surface area (TPSA) is 61.4 Å². The monoisotopic (exact) mass is 286 g/mol. The molecule has 0 saturated carbocycles. The minimum atomic E-state index is -0.947. The Hall–Kier alpha value is -2.40. The molecule has 0 bridgehead atoms. The predicted molar refractivity (Wildman–Crippen MR) is 84.4 cm³/mol. The highest BCUT2D eigenvalue weighted by Gasteiger charge is 2.03. The number of carbonyl (C=O) groups is 1. The normalized spacial score (nSPS) is 9.85. The second-order valence-electron chi connectivity index (χ2n) is 4.33. The zero-order chi connectivity index (χ0) is 14.5. The molecule has 0 atom stereocenters. The fourth-order valence-electron chi connectivity index (χ4n) is 1.63. The number of thiocarbonyl (C=S) groups is 1. The fourth-order valence-corrected chi connectivity index (χ4v) is 1.86. The second kappa shape index (κ2) is 6.16. The molecule has 0 saturated heterocycles. The van der Waals surface area contributed by atoms with Gasteiger partial charge in [-0.3, -0.25) is 0 Å². The van der Waals surface area contributed by atoms with E-state index in [-0.39, 0.29) is 5.56 Å². The number of carboxylic acid groups (broad SMARTS) is 1. The molecule has 5 heteroatoms. The third kappa shape index (κ3) is 3.80. The lowest BCUT2D eigenvalue weighted by Gasteiger charge is -2.10. The molecule has 2 aromatic rings. The quantitative estimate of drug-likeness (QED) is 0.754. The van der Waals surface area contributed by atoms with E-state index in [0.29, 0.717) is 5.11 Å². The third-order valence-electron chi connectivity index (χ3n) is 2.70. The van der Waals surface area contributed by atoms with Crippen LogP contribution in [0.25, 0.3) is 0 Å². The zero-order valence-electron chi connectivity index (χ0n) is 10.9. The largest absolute Gasteiger partial charge is 0.478 e. The Morgan fingerprint density at radius 2 is 1.40 bits per heavy atom. The van der Waals surface area contributed by atoms with Gasteiger partial charge in [-0.05, 0) is 55.5 Å². The lowest BCUT2D eigenvalue weighted by Crippen LogP contribution is -2.19. The van der Waals surface area contributed by atoms with E-state index >= 15 is 0 Å². The Kier molecular flexibility index (Phi) is 4.32. The predicted octanol–water partition coefficient (Wildman–Crippen LogP) is 3.50. The first-order valence-corrected chi connectivity index (χ1v) is 6.43. The minimum absolute atomic E-state index is 0.243. The van der Waals surface area contributed by atoms with Crippen LogP contribution in [0.2, 0.25) is 0 Å². The third-order valence-corrected chi connectivity index (χ3v) is 2.90. The van der Waals surface area contributed by atoms with E-state index in [1.807, 2.05) is 31.2 Å². The van der Waals surface area contributed by atoms with Crippen molar-refractivity contribution in [1.82, 2.24) is 0 Å². The smallest absolute Gasteiger partial charge is 0.335 e. The number of rotatable bonds is 3. The molecule has 0 heterocycles. The van der Waals surface area contributed by atoms with Crippen molar-refractivity contribution in [3.05, 3.63) is 59.7 Å². The highest BCUT2D eigenvalue weighted by atomic mass is 32.1. The van der Waals surface area contributed by atoms with E-state index in [1.54, 1.807) is 12.1 Å². The summed E-state index contributed by atoms with van der Waals surface area (Å²) in [5.41, 5.74) is 3.06. The maximum absolute atomic E-state index is 10.7. The van der Waals surface area contributed by atoms with Crippen LogP contribution in [0.4, 0.5) is 11.4 Å². The Balaban J connectivity index is 1.97. The molecule has 0 spiro atoms. The van der Waals surface area contributed by atoms with E-state index in [1.165, 1.54) is 17.7 Å². The summed E-state index contributed by atoms with van der Waals surface area (Å²) in [7, 11) is 0. The van der Waals surface area contributed by atoms with Crippen LogP contribution in [-0.4, -0.2) is 16.2 Å². The molecule has 0 aromatic heterocycles. The van der Waals surface area contributed by atoms with Gasteiger partial charge in [0.15, 0.2) is 5.11 Å². The van der Waals surface area contributed by atoms with Crippen molar-refractivity contribution in [2.24, 2.45) is 0 Å². The van der Waals surface area contributed by atoms with Gasteiger partial charge in [0.1, 0.15) is 0 Å². The highest BCUT2D eigenvalue weighted by molar-refractivity contribution is 7.80. The van der Waals surface area contributed by atoms with Crippen LogP contribution in [0.3, 0.4) is 0 Å². The molecule has 2 aromatic carbocycles. The maximum Gasteiger partial charge on any atom is 0.335 e. The molecule has 0 unspecified atom stereocenters. The molecule has 3 N–H and O–H groups in total. The number of nitrogens with one attached hydrogen (secondary N) is 2. The standard InChI is InChI=1S/C15H14N2O2S/c1-10-2-6-12(7-3-10)16-15(20)17-13-8-4-11(5-9-13)14(18)19/h2-9H,1H3,(H,18,19)(H2,16,17,20). The van der Waals surface area contributed by atoms with E-state index < -0.39 is 5.97 Å². The summed E-state index contributed by atoms with van der Waals surface area (Å²) in [6, 6.07) is 14.3. The van der Waals surface area contributed by atoms with Gasteiger partial charge < -0.3 is 15.7 Å². The highest BCUT2D eigenvalue weighted by Crippen LogP contribution is 2.12. The van der Waals surface area contributed by atoms with Gasteiger partial charge in [0.2, 0.25) is 0 Å². The molecule has 0 amide bonds. The summed E-state index contributed by atoms with van der Waals surface area (Å²) in [5, 5.41) is 15.3. The van der Waals surface area contributed by atoms with Crippen molar-refractivity contribution in [2.75, 3.05) is 10.6 Å². The van der Waals surface area contributed by atoms with Crippen LogP contribution in [-0.2, 0) is 0 Å². The van der Waals surface area contributed by atoms with Crippen molar-refractivity contribution in [3.8, 4) is 0 Å². The average Bonchev–Trinajstić information content (AvgIpc) is 2.42. The zero-order valence-corrected chi connectivity index (χ0v) is 11.7. The molecule has 0 radical (unpaired) electrons. The number of aryl methyl sites for hydroxylation is 1. The molecule has 0 aliphatic heterocycles. The number of aromatic carboxylic acids is 1. The van der Waals surface area contributed by atoms with E-state index in [9.17, 15) is 4.79 Å². The molecule has 0 fully saturated rings. The molecule has 2 rings (SSSR count). The van der Waals surface area contributed by atoms with Gasteiger partial charge in [-0.15, -0.1) is 0 Å². The number of hydrogen-bond acceptors (Lipinski definition) is 2. The fraction of sp³-hybridized carbons (Fsp3) is 0.0667. The summed E-state index contributed by atoms with van der Waals surface area (Å²) in [6.45, 7) is 2.02. The Bertz CT molecular complexity index is 621. The Morgan fingerprint density at radius 1 is 0.950 bits per heavy atom. The van der Waals surface area contributed by atoms with Gasteiger partial charge in [-0.2, -0.15) is 0 Å². The van der Waals surface area contributed by atoms with Crippen LogP contribution in [0.1, 0.15) is 15.9 Å². The second-order valence-corrected chi connectivity index (χ2v) is 4.74. The van der Waals surface area contributed by atoms with Gasteiger partial charge in [0, 0.05) is 11.4 Å². The molecular weight excluding hydrogens is 272 g/mol. The molecule has 20 heavy (non-hydrogen) atoms. The molecule has 0 aliphatic carbocycles. The van der Waals surface area contributed by atoms with Crippen molar-refractivity contribution in [3.63, 3.8) is 0 Å². The van der Waals surface area contributed by atoms with Gasteiger partial charge in [-0.25, -0.2) is 4.79 Å². The lowest BCUT2D eigenvalue weighted by atomic mass is 10.2. The van der Waals surface area contributed by atoms with E-state index in [0.717, 1.165) is 11.4 Å². The van der Waals surface area contributed by atoms with Crippen molar-refractivity contribution in [2.45, 2.75) is 6.92 Å². The Labute approximate surface area is 122 Å². The summed E-state index contributed by atoms with van der Waals surface area (Å²) in [6.07, 6.45) is 0. The first kappa shape index (κ1) is 14.0. The summed E-state index contributed by atoms with van der Waals surface area (Å²) in [4.78, 5) is 10.7. The molecular formula is C15H14N2O2S. The van der Waals surface area contributed by atoms with E-state index in [2.05, 4.69) is 10.6 Å². The van der Waals surface area contributed by atoms with Gasteiger partial charge in [-0.1, -0.05) is 17.7 Å². The van der Waals surface area contributed by atoms with Crippen LogP contribution < -0.4 is 10.6 Å². The van der Waals surface area contributed by atoms with Gasteiger partial charge >= 0.3 is 5.97 Å². The minimum Gasteiger partial charge on any atom is -0.478 e. The van der Waals surface area contributed by atoms with Crippen LogP contribution >= 0.6 is 12.2 Å². The number of carboxylic acids is 1.